The number of nitrogen functional groups attached to an aromatic ring is 1. The average Bonchev–Trinajstić information content (AvgIpc) is 2.25. The minimum absolute atomic E-state index is 0.0615. The van der Waals surface area contributed by atoms with Crippen LogP contribution in [0.15, 0.2) is 6.33 Å². The van der Waals surface area contributed by atoms with Gasteiger partial charge in [-0.25, -0.2) is 9.97 Å². The van der Waals surface area contributed by atoms with Gasteiger partial charge in [0, 0.05) is 5.54 Å². The molecular weight excluding hydrogens is 228 g/mol. The zero-order chi connectivity index (χ0) is 13.9. The Morgan fingerprint density at radius 3 is 2.44 bits per heavy atom. The Balaban J connectivity index is 2.89. The summed E-state index contributed by atoms with van der Waals surface area (Å²) in [6, 6.07) is 0. The van der Waals surface area contributed by atoms with Crippen LogP contribution in [0.25, 0.3) is 0 Å². The minimum Gasteiger partial charge on any atom is -0.475 e. The predicted octanol–water partition coefficient (Wildman–Crippen LogP) is 1.90. The largest absolute Gasteiger partial charge is 0.475 e. The van der Waals surface area contributed by atoms with Crippen LogP contribution in [0.1, 0.15) is 39.2 Å². The fourth-order valence-corrected chi connectivity index (χ4v) is 1.42. The van der Waals surface area contributed by atoms with Gasteiger partial charge in [-0.2, -0.15) is 0 Å². The molecule has 0 bridgehead atoms. The van der Waals surface area contributed by atoms with Gasteiger partial charge in [0.15, 0.2) is 0 Å². The van der Waals surface area contributed by atoms with E-state index in [-0.39, 0.29) is 11.5 Å². The number of hydrogen-bond acceptors (Lipinski definition) is 5. The zero-order valence-electron chi connectivity index (χ0n) is 12.2. The van der Waals surface area contributed by atoms with Crippen LogP contribution < -0.4 is 10.5 Å². The summed E-state index contributed by atoms with van der Waals surface area (Å²) in [5.74, 6) is 1.33. The molecule has 5 heteroatoms. The summed E-state index contributed by atoms with van der Waals surface area (Å²) in [7, 11) is 4.06. The lowest BCUT2D eigenvalue weighted by Crippen LogP contribution is -2.43. The predicted molar refractivity (Wildman–Crippen MR) is 73.8 cm³/mol. The van der Waals surface area contributed by atoms with E-state index in [1.165, 1.54) is 6.33 Å². The topological polar surface area (TPSA) is 64.3 Å². The van der Waals surface area contributed by atoms with Crippen molar-refractivity contribution in [2.45, 2.75) is 39.2 Å². The molecule has 0 aliphatic heterocycles. The molecule has 0 amide bonds. The zero-order valence-corrected chi connectivity index (χ0v) is 12.2. The normalized spacial score (nSPS) is 12.2. The molecule has 18 heavy (non-hydrogen) atoms. The first-order valence-electron chi connectivity index (χ1n) is 6.16. The Labute approximate surface area is 109 Å². The maximum absolute atomic E-state index is 5.88. The third kappa shape index (κ3) is 3.32. The van der Waals surface area contributed by atoms with Gasteiger partial charge in [-0.3, -0.25) is 0 Å². The number of aromatic nitrogens is 2. The Hall–Kier alpha value is -1.36. The maximum Gasteiger partial charge on any atom is 0.222 e. The van der Waals surface area contributed by atoms with E-state index in [0.717, 1.165) is 5.56 Å². The van der Waals surface area contributed by atoms with E-state index in [1.807, 2.05) is 14.1 Å². The molecule has 2 N–H and O–H groups in total. The molecule has 0 radical (unpaired) electrons. The summed E-state index contributed by atoms with van der Waals surface area (Å²) in [4.78, 5) is 10.3. The summed E-state index contributed by atoms with van der Waals surface area (Å²) in [5.41, 5.74) is 6.70. The summed E-state index contributed by atoms with van der Waals surface area (Å²) in [5, 5.41) is 0. The quantitative estimate of drug-likeness (QED) is 0.867. The van der Waals surface area contributed by atoms with Gasteiger partial charge in [0.1, 0.15) is 18.8 Å². The highest BCUT2D eigenvalue weighted by atomic mass is 16.5. The highest BCUT2D eigenvalue weighted by molar-refractivity contribution is 5.46. The second-order valence-corrected chi connectivity index (χ2v) is 5.63. The Bertz CT molecular complexity index is 402. The molecule has 1 aromatic rings. The van der Waals surface area contributed by atoms with Gasteiger partial charge in [-0.15, -0.1) is 0 Å². The summed E-state index contributed by atoms with van der Waals surface area (Å²) in [6.07, 6.45) is 1.44. The van der Waals surface area contributed by atoms with Gasteiger partial charge >= 0.3 is 0 Å². The summed E-state index contributed by atoms with van der Waals surface area (Å²) < 4.78 is 5.83. The van der Waals surface area contributed by atoms with Gasteiger partial charge in [0.25, 0.3) is 0 Å². The van der Waals surface area contributed by atoms with Crippen molar-refractivity contribution >= 4 is 5.82 Å². The van der Waals surface area contributed by atoms with Crippen molar-refractivity contribution in [2.75, 3.05) is 26.4 Å². The van der Waals surface area contributed by atoms with E-state index in [9.17, 15) is 0 Å². The van der Waals surface area contributed by atoms with E-state index in [4.69, 9.17) is 10.5 Å². The standard InChI is InChI=1S/C13H24N4O/c1-9(2)10-11(14)15-8-16-12(10)18-7-13(3,4)17(5)6/h8-9H,7H2,1-6H3,(H2,14,15,16). The number of hydrogen-bond donors (Lipinski definition) is 1. The molecule has 0 aromatic carbocycles. The molecule has 0 aliphatic carbocycles. The van der Waals surface area contributed by atoms with Crippen molar-refractivity contribution in [3.8, 4) is 5.88 Å². The molecule has 0 aliphatic rings. The van der Waals surface area contributed by atoms with E-state index in [0.29, 0.717) is 18.3 Å². The van der Waals surface area contributed by atoms with Crippen molar-refractivity contribution in [3.05, 3.63) is 11.9 Å². The lowest BCUT2D eigenvalue weighted by molar-refractivity contribution is 0.110. The third-order valence-corrected chi connectivity index (χ3v) is 3.23. The molecule has 0 spiro atoms. The number of ether oxygens (including phenoxy) is 1. The van der Waals surface area contributed by atoms with Crippen LogP contribution in [0.2, 0.25) is 0 Å². The smallest absolute Gasteiger partial charge is 0.222 e. The van der Waals surface area contributed by atoms with Crippen LogP contribution >= 0.6 is 0 Å². The first-order chi connectivity index (χ1) is 8.25. The molecule has 0 unspecified atom stereocenters. The molecule has 0 fully saturated rings. The molecular formula is C13H24N4O. The molecule has 0 saturated carbocycles. The maximum atomic E-state index is 5.88. The first kappa shape index (κ1) is 14.7. The van der Waals surface area contributed by atoms with Crippen molar-refractivity contribution in [3.63, 3.8) is 0 Å². The number of nitrogens with two attached hydrogens (primary N) is 1. The Kier molecular flexibility index (Phi) is 4.51. The van der Waals surface area contributed by atoms with Crippen molar-refractivity contribution in [2.24, 2.45) is 0 Å². The molecule has 1 rings (SSSR count). The molecule has 1 aromatic heterocycles. The number of likely N-dealkylation sites (N-methyl/N-ethyl adjacent to an activating group) is 1. The average molecular weight is 252 g/mol. The fourth-order valence-electron chi connectivity index (χ4n) is 1.42. The lowest BCUT2D eigenvalue weighted by Gasteiger charge is -2.32. The number of anilines is 1. The van der Waals surface area contributed by atoms with Crippen LogP contribution in [0.5, 0.6) is 5.88 Å². The second-order valence-electron chi connectivity index (χ2n) is 5.63. The Morgan fingerprint density at radius 2 is 1.94 bits per heavy atom. The monoisotopic (exact) mass is 252 g/mol. The SMILES string of the molecule is CC(C)c1c(N)ncnc1OCC(C)(C)N(C)C. The second kappa shape index (κ2) is 5.52. The van der Waals surface area contributed by atoms with Crippen LogP contribution in [-0.2, 0) is 0 Å². The van der Waals surface area contributed by atoms with Crippen LogP contribution in [0, 0.1) is 0 Å². The van der Waals surface area contributed by atoms with Gasteiger partial charge in [-0.05, 0) is 33.9 Å². The number of rotatable bonds is 5. The molecule has 0 atom stereocenters. The first-order valence-corrected chi connectivity index (χ1v) is 6.16. The van der Waals surface area contributed by atoms with Crippen molar-refractivity contribution in [1.82, 2.24) is 14.9 Å². The van der Waals surface area contributed by atoms with E-state index >= 15 is 0 Å². The summed E-state index contributed by atoms with van der Waals surface area (Å²) >= 11 is 0. The van der Waals surface area contributed by atoms with Crippen molar-refractivity contribution in [1.29, 1.82) is 0 Å². The fraction of sp³-hybridized carbons (Fsp3) is 0.692. The van der Waals surface area contributed by atoms with Crippen molar-refractivity contribution < 1.29 is 4.74 Å². The number of nitrogens with zero attached hydrogens (tertiary/aromatic N) is 3. The molecule has 5 nitrogen and oxygen atoms in total. The van der Waals surface area contributed by atoms with Gasteiger partial charge in [-0.1, -0.05) is 13.8 Å². The highest BCUT2D eigenvalue weighted by Gasteiger charge is 2.23. The van der Waals surface area contributed by atoms with E-state index < -0.39 is 0 Å². The van der Waals surface area contributed by atoms with Crippen LogP contribution in [0.3, 0.4) is 0 Å². The minimum atomic E-state index is -0.0615. The lowest BCUT2D eigenvalue weighted by atomic mass is 10.0. The van der Waals surface area contributed by atoms with E-state index in [1.54, 1.807) is 0 Å². The van der Waals surface area contributed by atoms with Gasteiger partial charge < -0.3 is 15.4 Å². The van der Waals surface area contributed by atoms with Gasteiger partial charge in [0.05, 0.1) is 5.56 Å². The molecule has 0 saturated heterocycles. The molecule has 1 heterocycles. The van der Waals surface area contributed by atoms with E-state index in [2.05, 4.69) is 42.6 Å². The summed E-state index contributed by atoms with van der Waals surface area (Å²) in [6.45, 7) is 8.90. The highest BCUT2D eigenvalue weighted by Crippen LogP contribution is 2.28. The Morgan fingerprint density at radius 1 is 1.33 bits per heavy atom. The third-order valence-electron chi connectivity index (χ3n) is 3.23. The molecule has 102 valence electrons. The van der Waals surface area contributed by atoms with Gasteiger partial charge in [0.2, 0.25) is 5.88 Å². The van der Waals surface area contributed by atoms with Crippen LogP contribution in [0.4, 0.5) is 5.82 Å². The van der Waals surface area contributed by atoms with Crippen LogP contribution in [-0.4, -0.2) is 41.1 Å².